The van der Waals surface area contributed by atoms with E-state index in [-0.39, 0.29) is 11.5 Å². The van der Waals surface area contributed by atoms with E-state index in [9.17, 15) is 14.9 Å². The molecule has 0 amide bonds. The van der Waals surface area contributed by atoms with Crippen molar-refractivity contribution in [2.24, 2.45) is 0 Å². The largest absolute Gasteiger partial charge is 0.362 e. The van der Waals surface area contributed by atoms with Gasteiger partial charge in [0, 0.05) is 25.2 Å². The first-order valence-electron chi connectivity index (χ1n) is 6.45. The van der Waals surface area contributed by atoms with Crippen molar-refractivity contribution in [3.63, 3.8) is 0 Å². The van der Waals surface area contributed by atoms with Gasteiger partial charge in [0.25, 0.3) is 5.69 Å². The van der Waals surface area contributed by atoms with Crippen molar-refractivity contribution in [3.8, 4) is 0 Å². The lowest BCUT2D eigenvalue weighted by atomic mass is 10.1. The summed E-state index contributed by atoms with van der Waals surface area (Å²) in [6, 6.07) is 6.54. The second-order valence-electron chi connectivity index (χ2n) is 4.82. The number of Topliss-reactive ketones (excluding diaryl/α,β-unsaturated/α-hetero) is 1. The van der Waals surface area contributed by atoms with E-state index in [1.807, 2.05) is 4.90 Å². The maximum Gasteiger partial charge on any atom is 0.278 e. The minimum Gasteiger partial charge on any atom is -0.362 e. The van der Waals surface area contributed by atoms with E-state index in [2.05, 4.69) is 4.98 Å². The molecule has 2 aromatic rings. The van der Waals surface area contributed by atoms with Gasteiger partial charge in [-0.1, -0.05) is 0 Å². The number of ketones is 1. The van der Waals surface area contributed by atoms with E-state index in [4.69, 9.17) is 0 Å². The zero-order valence-electron chi connectivity index (χ0n) is 10.8. The molecule has 102 valence electrons. The molecule has 2 heterocycles. The van der Waals surface area contributed by atoms with Gasteiger partial charge in [-0.15, -0.1) is 0 Å². The van der Waals surface area contributed by atoms with Gasteiger partial charge < -0.3 is 4.90 Å². The number of aromatic nitrogens is 1. The predicted octanol–water partition coefficient (Wildman–Crippen LogP) is 2.31. The van der Waals surface area contributed by atoms with Crippen molar-refractivity contribution in [1.82, 2.24) is 4.98 Å². The average Bonchev–Trinajstić information content (AvgIpc) is 2.46. The molecule has 1 aliphatic rings. The molecule has 6 nitrogen and oxygen atoms in total. The molecule has 0 aliphatic carbocycles. The van der Waals surface area contributed by atoms with Gasteiger partial charge in [-0.05, 0) is 24.6 Å². The number of nitro benzene ring substituents is 1. The minimum atomic E-state index is -0.408. The van der Waals surface area contributed by atoms with Crippen molar-refractivity contribution in [2.45, 2.75) is 12.8 Å². The van der Waals surface area contributed by atoms with Crippen molar-refractivity contribution in [3.05, 3.63) is 40.6 Å². The Morgan fingerprint density at radius 2 is 2.15 bits per heavy atom. The van der Waals surface area contributed by atoms with E-state index < -0.39 is 4.92 Å². The maximum atomic E-state index is 11.6. The number of carbonyl (C=O) groups is 1. The third-order valence-corrected chi connectivity index (χ3v) is 3.51. The number of hydrogen-bond acceptors (Lipinski definition) is 5. The quantitative estimate of drug-likeness (QED) is 0.618. The van der Waals surface area contributed by atoms with Crippen LogP contribution in [0.1, 0.15) is 12.8 Å². The van der Waals surface area contributed by atoms with Crippen molar-refractivity contribution >= 4 is 28.1 Å². The van der Waals surface area contributed by atoms with Gasteiger partial charge in [-0.2, -0.15) is 0 Å². The molecule has 0 bridgehead atoms. The fraction of sp³-hybridized carbons (Fsp3) is 0.286. The second kappa shape index (κ2) is 4.88. The Morgan fingerprint density at radius 1 is 1.30 bits per heavy atom. The monoisotopic (exact) mass is 271 g/mol. The number of pyridine rings is 1. The number of fused-ring (bicyclic) bond motifs is 1. The zero-order chi connectivity index (χ0) is 14.1. The molecule has 6 heteroatoms. The van der Waals surface area contributed by atoms with Crippen LogP contribution in [0.2, 0.25) is 0 Å². The molecule has 0 N–H and O–H groups in total. The Hall–Kier alpha value is -2.50. The van der Waals surface area contributed by atoms with Crippen molar-refractivity contribution in [2.75, 3.05) is 18.0 Å². The van der Waals surface area contributed by atoms with Gasteiger partial charge >= 0.3 is 0 Å². The lowest BCUT2D eigenvalue weighted by molar-refractivity contribution is -0.383. The molecule has 0 spiro atoms. The molecular weight excluding hydrogens is 258 g/mol. The van der Waals surface area contributed by atoms with Crippen LogP contribution in [0.5, 0.6) is 0 Å². The Kier molecular flexibility index (Phi) is 3.06. The summed E-state index contributed by atoms with van der Waals surface area (Å²) in [6.07, 6.45) is 3.03. The molecule has 0 saturated carbocycles. The summed E-state index contributed by atoms with van der Waals surface area (Å²) in [5.74, 6) is 0.193. The first-order valence-corrected chi connectivity index (χ1v) is 6.45. The Balaban J connectivity index is 2.15. The molecule has 1 aromatic carbocycles. The Morgan fingerprint density at radius 3 is 2.90 bits per heavy atom. The highest BCUT2D eigenvalue weighted by Gasteiger charge is 2.22. The lowest BCUT2D eigenvalue weighted by Crippen LogP contribution is -2.35. The van der Waals surface area contributed by atoms with E-state index in [1.165, 1.54) is 6.07 Å². The molecule has 20 heavy (non-hydrogen) atoms. The molecule has 0 radical (unpaired) electrons. The summed E-state index contributed by atoms with van der Waals surface area (Å²) in [6.45, 7) is 1.12. The third-order valence-electron chi connectivity index (χ3n) is 3.51. The molecule has 1 saturated heterocycles. The number of piperidine rings is 1. The number of rotatable bonds is 2. The summed E-state index contributed by atoms with van der Waals surface area (Å²) in [4.78, 5) is 28.5. The third kappa shape index (κ3) is 2.09. The first kappa shape index (κ1) is 12.5. The van der Waals surface area contributed by atoms with Gasteiger partial charge in [0.15, 0.2) is 5.78 Å². The molecule has 0 atom stereocenters. The Labute approximate surface area is 115 Å². The second-order valence-corrected chi connectivity index (χ2v) is 4.82. The Bertz CT molecular complexity index is 699. The van der Waals surface area contributed by atoms with Gasteiger partial charge in [0.2, 0.25) is 0 Å². The van der Waals surface area contributed by atoms with Crippen LogP contribution in [-0.4, -0.2) is 28.8 Å². The number of anilines is 1. The number of benzene rings is 1. The number of nitrogens with zero attached hydrogens (tertiary/aromatic N) is 3. The summed E-state index contributed by atoms with van der Waals surface area (Å²) >= 11 is 0. The normalized spacial score (nSPS) is 15.6. The van der Waals surface area contributed by atoms with Gasteiger partial charge in [-0.3, -0.25) is 19.9 Å². The highest BCUT2D eigenvalue weighted by atomic mass is 16.6. The molecule has 0 unspecified atom stereocenters. The van der Waals surface area contributed by atoms with E-state index in [0.717, 1.165) is 18.7 Å². The topological polar surface area (TPSA) is 76.3 Å². The summed E-state index contributed by atoms with van der Waals surface area (Å²) < 4.78 is 0. The summed E-state index contributed by atoms with van der Waals surface area (Å²) in [5, 5.41) is 11.6. The van der Waals surface area contributed by atoms with Crippen molar-refractivity contribution < 1.29 is 9.72 Å². The lowest BCUT2D eigenvalue weighted by Gasteiger charge is -2.28. The fourth-order valence-electron chi connectivity index (χ4n) is 2.60. The van der Waals surface area contributed by atoms with Crippen LogP contribution in [-0.2, 0) is 4.79 Å². The fourth-order valence-corrected chi connectivity index (χ4v) is 2.60. The van der Waals surface area contributed by atoms with Gasteiger partial charge in [0.05, 0.1) is 22.5 Å². The van der Waals surface area contributed by atoms with Crippen LogP contribution in [0.3, 0.4) is 0 Å². The van der Waals surface area contributed by atoms with Crippen molar-refractivity contribution in [1.29, 1.82) is 0 Å². The molecule has 3 rings (SSSR count). The first-order chi connectivity index (χ1) is 9.66. The zero-order valence-corrected chi connectivity index (χ0v) is 10.8. The van der Waals surface area contributed by atoms with Gasteiger partial charge in [-0.25, -0.2) is 0 Å². The van der Waals surface area contributed by atoms with Crippen LogP contribution >= 0.6 is 0 Å². The predicted molar refractivity (Wildman–Crippen MR) is 74.9 cm³/mol. The summed E-state index contributed by atoms with van der Waals surface area (Å²) in [7, 11) is 0. The molecule has 1 fully saturated rings. The SMILES string of the molecule is O=C1CCCN(c2ccc([N+](=O)[O-])c3cccnc23)C1. The molecule has 1 aliphatic heterocycles. The van der Waals surface area contributed by atoms with Crippen LogP contribution in [0, 0.1) is 10.1 Å². The van der Waals surface area contributed by atoms with E-state index >= 15 is 0 Å². The standard InChI is InChI=1S/C14H13N3O3/c18-10-3-2-8-16(9-10)13-6-5-12(17(19)20)11-4-1-7-15-14(11)13/h1,4-7H,2-3,8-9H2. The maximum absolute atomic E-state index is 11.6. The van der Waals surface area contributed by atoms with Crippen LogP contribution in [0.25, 0.3) is 10.9 Å². The molecular formula is C14H13N3O3. The highest BCUT2D eigenvalue weighted by Crippen LogP contribution is 2.32. The molecule has 1 aromatic heterocycles. The highest BCUT2D eigenvalue weighted by molar-refractivity contribution is 5.98. The van der Waals surface area contributed by atoms with E-state index in [0.29, 0.717) is 23.9 Å². The number of carbonyl (C=O) groups excluding carboxylic acids is 1. The van der Waals surface area contributed by atoms with Gasteiger partial charge in [0.1, 0.15) is 5.52 Å². The summed E-state index contributed by atoms with van der Waals surface area (Å²) in [5.41, 5.74) is 1.41. The number of non-ortho nitro benzene ring substituents is 1. The van der Waals surface area contributed by atoms with Crippen LogP contribution in [0.4, 0.5) is 11.4 Å². The van der Waals surface area contributed by atoms with E-state index in [1.54, 1.807) is 24.4 Å². The van der Waals surface area contributed by atoms with Crippen LogP contribution < -0.4 is 4.90 Å². The van der Waals surface area contributed by atoms with Crippen LogP contribution in [0.15, 0.2) is 30.5 Å². The number of hydrogen-bond donors (Lipinski definition) is 0. The average molecular weight is 271 g/mol. The minimum absolute atomic E-state index is 0.0418. The smallest absolute Gasteiger partial charge is 0.278 e. The number of nitro groups is 1.